The number of aromatic nitrogens is 1. The van der Waals surface area contributed by atoms with Crippen molar-refractivity contribution in [3.63, 3.8) is 0 Å². The standard InChI is InChI=1S/C13H15BrN2O3S/c1-19-12(17)8-20-11-2-3-16(7-11)13(18)9-4-10(14)6-15-5-9/h4-6,11H,2-3,7-8H2,1H3/t11-/m1/s1. The van der Waals surface area contributed by atoms with Crippen molar-refractivity contribution in [2.75, 3.05) is 26.0 Å². The Morgan fingerprint density at radius 3 is 3.05 bits per heavy atom. The number of hydrogen-bond donors (Lipinski definition) is 0. The summed E-state index contributed by atoms with van der Waals surface area (Å²) >= 11 is 4.85. The summed E-state index contributed by atoms with van der Waals surface area (Å²) in [5.74, 6) is 0.0951. The topological polar surface area (TPSA) is 59.5 Å². The van der Waals surface area contributed by atoms with Gasteiger partial charge in [-0.3, -0.25) is 14.6 Å². The predicted octanol–water partition coefficient (Wildman–Crippen LogP) is 1.96. The maximum atomic E-state index is 12.3. The second-order valence-electron chi connectivity index (χ2n) is 4.44. The number of nitrogens with zero attached hydrogens (tertiary/aromatic N) is 2. The van der Waals surface area contributed by atoms with Crippen LogP contribution >= 0.6 is 27.7 Å². The molecule has 1 amide bonds. The van der Waals surface area contributed by atoms with E-state index < -0.39 is 0 Å². The van der Waals surface area contributed by atoms with Crippen LogP contribution in [0.1, 0.15) is 16.8 Å². The summed E-state index contributed by atoms with van der Waals surface area (Å²) in [5, 5.41) is 0.290. The Labute approximate surface area is 130 Å². The summed E-state index contributed by atoms with van der Waals surface area (Å²) < 4.78 is 5.40. The molecule has 20 heavy (non-hydrogen) atoms. The molecule has 1 aliphatic rings. The molecule has 1 fully saturated rings. The zero-order valence-corrected chi connectivity index (χ0v) is 13.4. The number of rotatable bonds is 4. The van der Waals surface area contributed by atoms with Crippen LogP contribution in [0.25, 0.3) is 0 Å². The van der Waals surface area contributed by atoms with Crippen LogP contribution in [-0.4, -0.2) is 53.0 Å². The number of hydrogen-bond acceptors (Lipinski definition) is 5. The number of amides is 1. The van der Waals surface area contributed by atoms with Crippen molar-refractivity contribution in [3.8, 4) is 0 Å². The lowest BCUT2D eigenvalue weighted by molar-refractivity contribution is -0.137. The van der Waals surface area contributed by atoms with Gasteiger partial charge in [-0.05, 0) is 28.4 Å². The molecule has 0 unspecified atom stereocenters. The van der Waals surface area contributed by atoms with E-state index in [1.54, 1.807) is 35.1 Å². The Kier molecular flexibility index (Phi) is 5.42. The maximum absolute atomic E-state index is 12.3. The molecule has 2 heterocycles. The van der Waals surface area contributed by atoms with E-state index in [0.29, 0.717) is 24.4 Å². The van der Waals surface area contributed by atoms with Gasteiger partial charge < -0.3 is 9.64 Å². The number of carbonyl (C=O) groups excluding carboxylic acids is 2. The van der Waals surface area contributed by atoms with Gasteiger partial charge in [0.2, 0.25) is 0 Å². The SMILES string of the molecule is COC(=O)CS[C@@H]1CCN(C(=O)c2cncc(Br)c2)C1. The van der Waals surface area contributed by atoms with Gasteiger partial charge in [-0.2, -0.15) is 0 Å². The molecule has 0 aliphatic carbocycles. The highest BCUT2D eigenvalue weighted by Gasteiger charge is 2.27. The van der Waals surface area contributed by atoms with Crippen LogP contribution < -0.4 is 0 Å². The lowest BCUT2D eigenvalue weighted by Gasteiger charge is -2.16. The van der Waals surface area contributed by atoms with E-state index in [1.807, 2.05) is 0 Å². The summed E-state index contributed by atoms with van der Waals surface area (Å²) in [6, 6.07) is 1.77. The Morgan fingerprint density at radius 2 is 2.35 bits per heavy atom. The second kappa shape index (κ2) is 7.08. The fourth-order valence-corrected chi connectivity index (χ4v) is 3.42. The lowest BCUT2D eigenvalue weighted by Crippen LogP contribution is -2.29. The first-order chi connectivity index (χ1) is 9.60. The molecular weight excluding hydrogens is 344 g/mol. The van der Waals surface area contributed by atoms with Crippen molar-refractivity contribution in [2.24, 2.45) is 0 Å². The van der Waals surface area contributed by atoms with Crippen molar-refractivity contribution in [1.29, 1.82) is 0 Å². The highest BCUT2D eigenvalue weighted by Crippen LogP contribution is 2.24. The van der Waals surface area contributed by atoms with E-state index >= 15 is 0 Å². The van der Waals surface area contributed by atoms with Gasteiger partial charge in [0.25, 0.3) is 5.91 Å². The first-order valence-corrected chi connectivity index (χ1v) is 8.02. The number of ether oxygens (including phenoxy) is 1. The molecule has 0 bridgehead atoms. The van der Waals surface area contributed by atoms with E-state index in [4.69, 9.17) is 0 Å². The molecule has 1 saturated heterocycles. The average Bonchev–Trinajstić information content (AvgIpc) is 2.92. The zero-order valence-electron chi connectivity index (χ0n) is 11.0. The molecule has 5 nitrogen and oxygen atoms in total. The first kappa shape index (κ1) is 15.3. The third-order valence-corrected chi connectivity index (χ3v) is 4.74. The number of methoxy groups -OCH3 is 1. The molecule has 0 saturated carbocycles. The van der Waals surface area contributed by atoms with E-state index in [2.05, 4.69) is 25.7 Å². The number of esters is 1. The zero-order chi connectivity index (χ0) is 14.5. The smallest absolute Gasteiger partial charge is 0.315 e. The first-order valence-electron chi connectivity index (χ1n) is 6.18. The molecule has 7 heteroatoms. The fraction of sp³-hybridized carbons (Fsp3) is 0.462. The molecular formula is C13H15BrN2O3S. The van der Waals surface area contributed by atoms with Crippen LogP contribution in [0.4, 0.5) is 0 Å². The van der Waals surface area contributed by atoms with E-state index in [0.717, 1.165) is 10.9 Å². The van der Waals surface area contributed by atoms with Gasteiger partial charge in [0.15, 0.2) is 0 Å². The average molecular weight is 359 g/mol. The van der Waals surface area contributed by atoms with Crippen LogP contribution in [0.5, 0.6) is 0 Å². The summed E-state index contributed by atoms with van der Waals surface area (Å²) in [5.41, 5.74) is 0.581. The Balaban J connectivity index is 1.89. The molecule has 0 N–H and O–H groups in total. The summed E-state index contributed by atoms with van der Waals surface area (Å²) in [6.07, 6.45) is 4.12. The van der Waals surface area contributed by atoms with Crippen LogP contribution in [0.2, 0.25) is 0 Å². The van der Waals surface area contributed by atoms with Gasteiger partial charge in [0.05, 0.1) is 18.4 Å². The molecule has 1 aromatic heterocycles. The molecule has 1 atom stereocenters. The molecule has 1 aliphatic heterocycles. The van der Waals surface area contributed by atoms with Gasteiger partial charge in [0.1, 0.15) is 0 Å². The molecule has 0 spiro atoms. The van der Waals surface area contributed by atoms with Gasteiger partial charge in [-0.25, -0.2) is 0 Å². The minimum absolute atomic E-state index is 0.0139. The van der Waals surface area contributed by atoms with Crippen molar-refractivity contribution >= 4 is 39.6 Å². The number of thioether (sulfide) groups is 1. The maximum Gasteiger partial charge on any atom is 0.315 e. The van der Waals surface area contributed by atoms with Gasteiger partial charge in [-0.1, -0.05) is 0 Å². The van der Waals surface area contributed by atoms with Crippen molar-refractivity contribution in [2.45, 2.75) is 11.7 Å². The molecule has 1 aromatic rings. The van der Waals surface area contributed by atoms with E-state index in [9.17, 15) is 9.59 Å². The number of pyridine rings is 1. The van der Waals surface area contributed by atoms with Crippen LogP contribution in [0.15, 0.2) is 22.9 Å². The fourth-order valence-electron chi connectivity index (χ4n) is 2.00. The van der Waals surface area contributed by atoms with Crippen LogP contribution in [0.3, 0.4) is 0 Å². The normalized spacial score (nSPS) is 18.1. The van der Waals surface area contributed by atoms with E-state index in [1.165, 1.54) is 7.11 Å². The molecule has 108 valence electrons. The van der Waals surface area contributed by atoms with Crippen molar-refractivity contribution in [3.05, 3.63) is 28.5 Å². The summed E-state index contributed by atoms with van der Waals surface area (Å²) in [4.78, 5) is 29.2. The summed E-state index contributed by atoms with van der Waals surface area (Å²) in [6.45, 7) is 1.37. The Morgan fingerprint density at radius 1 is 1.55 bits per heavy atom. The highest BCUT2D eigenvalue weighted by atomic mass is 79.9. The molecule has 0 radical (unpaired) electrons. The quantitative estimate of drug-likeness (QED) is 0.770. The molecule has 0 aromatic carbocycles. The number of halogens is 1. The Bertz CT molecular complexity index is 512. The van der Waals surface area contributed by atoms with Gasteiger partial charge in [-0.15, -0.1) is 11.8 Å². The largest absolute Gasteiger partial charge is 0.468 e. The van der Waals surface area contributed by atoms with Crippen LogP contribution in [0, 0.1) is 0 Å². The predicted molar refractivity (Wildman–Crippen MR) is 80.7 cm³/mol. The van der Waals surface area contributed by atoms with Gasteiger partial charge >= 0.3 is 5.97 Å². The number of carbonyl (C=O) groups is 2. The van der Waals surface area contributed by atoms with E-state index in [-0.39, 0.29) is 17.1 Å². The molecule has 2 rings (SSSR count). The second-order valence-corrected chi connectivity index (χ2v) is 6.65. The lowest BCUT2D eigenvalue weighted by atomic mass is 10.2. The number of likely N-dealkylation sites (tertiary alicyclic amines) is 1. The van der Waals surface area contributed by atoms with Crippen LogP contribution in [-0.2, 0) is 9.53 Å². The summed E-state index contributed by atoms with van der Waals surface area (Å²) in [7, 11) is 1.38. The Hall–Kier alpha value is -1.08. The minimum atomic E-state index is -0.226. The third kappa shape index (κ3) is 3.96. The van der Waals surface area contributed by atoms with Crippen molar-refractivity contribution in [1.82, 2.24) is 9.88 Å². The van der Waals surface area contributed by atoms with Gasteiger partial charge in [0, 0.05) is 35.2 Å². The highest BCUT2D eigenvalue weighted by molar-refractivity contribution is 9.10. The monoisotopic (exact) mass is 358 g/mol. The van der Waals surface area contributed by atoms with Crippen molar-refractivity contribution < 1.29 is 14.3 Å². The minimum Gasteiger partial charge on any atom is -0.468 e. The third-order valence-electron chi connectivity index (χ3n) is 3.05.